The number of unbranched alkanes of at least 4 members (excludes halogenated alkanes) is 1. The molecule has 0 aliphatic rings. The number of ketones is 1. The minimum absolute atomic E-state index is 0.140. The summed E-state index contributed by atoms with van der Waals surface area (Å²) in [5.74, 6) is -0.428. The Morgan fingerprint density at radius 3 is 2.32 bits per heavy atom. The van der Waals surface area contributed by atoms with Crippen molar-refractivity contribution in [3.8, 4) is 0 Å². The van der Waals surface area contributed by atoms with E-state index in [0.717, 1.165) is 12.8 Å². The van der Waals surface area contributed by atoms with Gasteiger partial charge in [0.05, 0.1) is 12.2 Å². The lowest BCUT2D eigenvalue weighted by molar-refractivity contribution is -0.0128. The Bertz CT molecular complexity index is 377. The number of aliphatic hydroxyl groups is 3. The van der Waals surface area contributed by atoms with Gasteiger partial charge in [0, 0.05) is 12.0 Å². The largest absolute Gasteiger partial charge is 0.390 e. The monoisotopic (exact) mass is 266 g/mol. The quantitative estimate of drug-likeness (QED) is 0.624. The van der Waals surface area contributed by atoms with Crippen LogP contribution in [0.1, 0.15) is 43.0 Å². The molecule has 0 saturated heterocycles. The van der Waals surface area contributed by atoms with Gasteiger partial charge < -0.3 is 15.3 Å². The number of hydrogen-bond donors (Lipinski definition) is 3. The topological polar surface area (TPSA) is 77.8 Å². The lowest BCUT2D eigenvalue weighted by Gasteiger charge is -2.20. The van der Waals surface area contributed by atoms with E-state index >= 15 is 0 Å². The summed E-state index contributed by atoms with van der Waals surface area (Å²) < 4.78 is 0. The van der Waals surface area contributed by atoms with E-state index in [2.05, 4.69) is 0 Å². The molecule has 0 aliphatic heterocycles. The van der Waals surface area contributed by atoms with Gasteiger partial charge in [-0.25, -0.2) is 0 Å². The Morgan fingerprint density at radius 1 is 1.11 bits per heavy atom. The highest BCUT2D eigenvalue weighted by molar-refractivity contribution is 5.99. The minimum atomic E-state index is -1.28. The zero-order valence-corrected chi connectivity index (χ0v) is 11.2. The van der Waals surface area contributed by atoms with Crippen LogP contribution in [-0.2, 0) is 0 Å². The average Bonchev–Trinajstić information content (AvgIpc) is 2.44. The fraction of sp³-hybridized carbons (Fsp3) is 0.533. The predicted octanol–water partition coefficient (Wildman–Crippen LogP) is 1.53. The molecule has 3 N–H and O–H groups in total. The first kappa shape index (κ1) is 15.8. The first-order chi connectivity index (χ1) is 9.06. The van der Waals surface area contributed by atoms with Gasteiger partial charge in [0.25, 0.3) is 0 Å². The van der Waals surface area contributed by atoms with Crippen LogP contribution in [0.4, 0.5) is 0 Å². The fourth-order valence-corrected chi connectivity index (χ4v) is 1.89. The predicted molar refractivity (Wildman–Crippen MR) is 72.9 cm³/mol. The van der Waals surface area contributed by atoms with Gasteiger partial charge in [0.1, 0.15) is 6.10 Å². The smallest absolute Gasteiger partial charge is 0.191 e. The van der Waals surface area contributed by atoms with Crippen molar-refractivity contribution in [2.24, 2.45) is 0 Å². The first-order valence-corrected chi connectivity index (χ1v) is 6.69. The van der Waals surface area contributed by atoms with E-state index in [1.807, 2.05) is 6.92 Å². The third kappa shape index (κ3) is 5.11. The molecule has 0 aliphatic carbocycles. The zero-order chi connectivity index (χ0) is 14.3. The van der Waals surface area contributed by atoms with Crippen LogP contribution in [-0.4, -0.2) is 39.4 Å². The third-order valence-electron chi connectivity index (χ3n) is 3.12. The Balaban J connectivity index is 2.50. The molecule has 0 bridgehead atoms. The molecule has 0 radical (unpaired) electrons. The van der Waals surface area contributed by atoms with Crippen LogP contribution in [0.15, 0.2) is 30.3 Å². The Morgan fingerprint density at radius 2 is 1.74 bits per heavy atom. The van der Waals surface area contributed by atoms with E-state index in [4.69, 9.17) is 0 Å². The average molecular weight is 266 g/mol. The molecule has 1 aromatic carbocycles. The summed E-state index contributed by atoms with van der Waals surface area (Å²) >= 11 is 0. The van der Waals surface area contributed by atoms with Crippen LogP contribution < -0.4 is 0 Å². The standard InChI is InChI=1S/C15H22O4/c1-2-3-9-12(16)13(17)10-14(18)15(19)11-7-5-4-6-8-11/h4-8,12-14,16-18H,2-3,9-10H2,1H3. The van der Waals surface area contributed by atoms with E-state index in [1.54, 1.807) is 30.3 Å². The molecule has 3 atom stereocenters. The Labute approximate surface area is 113 Å². The van der Waals surface area contributed by atoms with Gasteiger partial charge in [-0.05, 0) is 6.42 Å². The minimum Gasteiger partial charge on any atom is -0.390 e. The van der Waals surface area contributed by atoms with E-state index in [0.29, 0.717) is 12.0 Å². The number of rotatable bonds is 8. The number of Topliss-reactive ketones (excluding diaryl/α,β-unsaturated/α-hetero) is 1. The van der Waals surface area contributed by atoms with Crippen molar-refractivity contribution < 1.29 is 20.1 Å². The summed E-state index contributed by atoms with van der Waals surface area (Å²) in [6, 6.07) is 8.45. The molecule has 19 heavy (non-hydrogen) atoms. The van der Waals surface area contributed by atoms with E-state index in [1.165, 1.54) is 0 Å². The van der Waals surface area contributed by atoms with Crippen LogP contribution in [0.25, 0.3) is 0 Å². The van der Waals surface area contributed by atoms with Gasteiger partial charge >= 0.3 is 0 Å². The second-order valence-corrected chi connectivity index (χ2v) is 4.76. The van der Waals surface area contributed by atoms with Crippen LogP contribution >= 0.6 is 0 Å². The second-order valence-electron chi connectivity index (χ2n) is 4.76. The molecular weight excluding hydrogens is 244 g/mol. The van der Waals surface area contributed by atoms with Gasteiger partial charge in [0.15, 0.2) is 5.78 Å². The van der Waals surface area contributed by atoms with Gasteiger partial charge in [-0.1, -0.05) is 50.1 Å². The molecule has 0 heterocycles. The van der Waals surface area contributed by atoms with Crippen LogP contribution in [0, 0.1) is 0 Å². The highest BCUT2D eigenvalue weighted by Crippen LogP contribution is 2.13. The van der Waals surface area contributed by atoms with Crippen LogP contribution in [0.5, 0.6) is 0 Å². The number of hydrogen-bond acceptors (Lipinski definition) is 4. The maximum absolute atomic E-state index is 11.9. The van der Waals surface area contributed by atoms with Crippen molar-refractivity contribution in [2.45, 2.75) is 50.9 Å². The molecule has 0 spiro atoms. The SMILES string of the molecule is CCCCC(O)C(O)CC(O)C(=O)c1ccccc1. The first-order valence-electron chi connectivity index (χ1n) is 6.69. The highest BCUT2D eigenvalue weighted by Gasteiger charge is 2.24. The zero-order valence-electron chi connectivity index (χ0n) is 11.2. The Hall–Kier alpha value is -1.23. The van der Waals surface area contributed by atoms with Crippen molar-refractivity contribution >= 4 is 5.78 Å². The van der Waals surface area contributed by atoms with Crippen molar-refractivity contribution in [3.63, 3.8) is 0 Å². The molecule has 0 saturated carbocycles. The van der Waals surface area contributed by atoms with Gasteiger partial charge in [-0.15, -0.1) is 0 Å². The maximum Gasteiger partial charge on any atom is 0.191 e. The molecule has 0 aromatic heterocycles. The second kappa shape index (κ2) is 8.04. The molecule has 1 rings (SSSR count). The summed E-state index contributed by atoms with van der Waals surface area (Å²) in [7, 11) is 0. The maximum atomic E-state index is 11.9. The van der Waals surface area contributed by atoms with Crippen LogP contribution in [0.2, 0.25) is 0 Å². The van der Waals surface area contributed by atoms with Crippen molar-refractivity contribution in [1.29, 1.82) is 0 Å². The summed E-state index contributed by atoms with van der Waals surface area (Å²) in [6.45, 7) is 1.99. The summed E-state index contributed by atoms with van der Waals surface area (Å²) in [6.07, 6.45) is -1.18. The van der Waals surface area contributed by atoms with Gasteiger partial charge in [-0.2, -0.15) is 0 Å². The summed E-state index contributed by atoms with van der Waals surface area (Å²) in [5, 5.41) is 29.2. The number of aliphatic hydroxyl groups excluding tert-OH is 3. The summed E-state index contributed by atoms with van der Waals surface area (Å²) in [5.41, 5.74) is 0.408. The summed E-state index contributed by atoms with van der Waals surface area (Å²) in [4.78, 5) is 11.9. The number of benzene rings is 1. The molecule has 0 fully saturated rings. The molecule has 3 unspecified atom stereocenters. The van der Waals surface area contributed by atoms with E-state index in [9.17, 15) is 20.1 Å². The van der Waals surface area contributed by atoms with Crippen LogP contribution in [0.3, 0.4) is 0 Å². The van der Waals surface area contributed by atoms with Crippen molar-refractivity contribution in [1.82, 2.24) is 0 Å². The van der Waals surface area contributed by atoms with Crippen molar-refractivity contribution in [3.05, 3.63) is 35.9 Å². The van der Waals surface area contributed by atoms with Gasteiger partial charge in [0.2, 0.25) is 0 Å². The fourth-order valence-electron chi connectivity index (χ4n) is 1.89. The molecule has 4 nitrogen and oxygen atoms in total. The van der Waals surface area contributed by atoms with Crippen molar-refractivity contribution in [2.75, 3.05) is 0 Å². The highest BCUT2D eigenvalue weighted by atomic mass is 16.3. The van der Waals surface area contributed by atoms with Gasteiger partial charge in [-0.3, -0.25) is 4.79 Å². The molecule has 0 amide bonds. The normalized spacial score (nSPS) is 15.8. The molecular formula is C15H22O4. The lowest BCUT2D eigenvalue weighted by atomic mass is 9.97. The molecule has 1 aromatic rings. The molecule has 4 heteroatoms. The number of carbonyl (C=O) groups excluding carboxylic acids is 1. The molecule has 106 valence electrons. The number of carbonyl (C=O) groups is 1. The Kier molecular flexibility index (Phi) is 6.70. The van der Waals surface area contributed by atoms with E-state index in [-0.39, 0.29) is 6.42 Å². The lowest BCUT2D eigenvalue weighted by Crippen LogP contribution is -2.33. The van der Waals surface area contributed by atoms with E-state index < -0.39 is 24.1 Å². The third-order valence-corrected chi connectivity index (χ3v) is 3.12.